The number of carbonyl (C=O) groups is 2. The zero-order chi connectivity index (χ0) is 15.2. The summed E-state index contributed by atoms with van der Waals surface area (Å²) in [6.07, 6.45) is 2.05. The number of ether oxygens (including phenoxy) is 1. The molecule has 1 aromatic rings. The normalized spacial score (nSPS) is 21.0. The standard InChI is InChI=1S/C16H21NO4/c1-2-21-12-6-3-5-11(9-12)10-17-15(18)13-7-4-8-14(13)16(19)20/h3,5-6,9,13-14H,2,4,7-8,10H2,1H3,(H,17,18)(H,19,20). The monoisotopic (exact) mass is 291 g/mol. The SMILES string of the molecule is CCOc1cccc(CNC(=O)C2CCCC2C(=O)O)c1. The van der Waals surface area contributed by atoms with E-state index in [0.29, 0.717) is 26.0 Å². The van der Waals surface area contributed by atoms with Gasteiger partial charge >= 0.3 is 5.97 Å². The van der Waals surface area contributed by atoms with Crippen molar-refractivity contribution in [2.75, 3.05) is 6.61 Å². The van der Waals surface area contributed by atoms with Gasteiger partial charge in [-0.15, -0.1) is 0 Å². The Hall–Kier alpha value is -2.04. The van der Waals surface area contributed by atoms with Crippen molar-refractivity contribution >= 4 is 11.9 Å². The van der Waals surface area contributed by atoms with Gasteiger partial charge in [0.2, 0.25) is 5.91 Å². The number of rotatable bonds is 6. The molecule has 2 atom stereocenters. The van der Waals surface area contributed by atoms with Gasteiger partial charge in [-0.25, -0.2) is 0 Å². The van der Waals surface area contributed by atoms with Gasteiger partial charge in [-0.3, -0.25) is 9.59 Å². The molecule has 0 radical (unpaired) electrons. The van der Waals surface area contributed by atoms with Crippen LogP contribution in [0.15, 0.2) is 24.3 Å². The molecule has 114 valence electrons. The van der Waals surface area contributed by atoms with Crippen LogP contribution in [-0.2, 0) is 16.1 Å². The lowest BCUT2D eigenvalue weighted by Gasteiger charge is -2.15. The Morgan fingerprint density at radius 3 is 2.81 bits per heavy atom. The van der Waals surface area contributed by atoms with E-state index in [0.717, 1.165) is 17.7 Å². The van der Waals surface area contributed by atoms with Gasteiger partial charge < -0.3 is 15.2 Å². The largest absolute Gasteiger partial charge is 0.494 e. The van der Waals surface area contributed by atoms with Crippen LogP contribution < -0.4 is 10.1 Å². The number of carbonyl (C=O) groups excluding carboxylic acids is 1. The van der Waals surface area contributed by atoms with Crippen molar-refractivity contribution in [2.24, 2.45) is 11.8 Å². The lowest BCUT2D eigenvalue weighted by Crippen LogP contribution is -2.34. The minimum Gasteiger partial charge on any atom is -0.494 e. The summed E-state index contributed by atoms with van der Waals surface area (Å²) in [5, 5.41) is 12.0. The maximum atomic E-state index is 12.1. The van der Waals surface area contributed by atoms with E-state index in [9.17, 15) is 9.59 Å². The van der Waals surface area contributed by atoms with Gasteiger partial charge in [-0.2, -0.15) is 0 Å². The minimum absolute atomic E-state index is 0.165. The van der Waals surface area contributed by atoms with E-state index in [4.69, 9.17) is 9.84 Å². The summed E-state index contributed by atoms with van der Waals surface area (Å²) in [4.78, 5) is 23.2. The molecule has 21 heavy (non-hydrogen) atoms. The fourth-order valence-electron chi connectivity index (χ4n) is 2.80. The highest BCUT2D eigenvalue weighted by atomic mass is 16.5. The molecular formula is C16H21NO4. The van der Waals surface area contributed by atoms with Gasteiger partial charge in [0.05, 0.1) is 18.4 Å². The number of carboxylic acids is 1. The molecule has 1 saturated carbocycles. The van der Waals surface area contributed by atoms with Crippen LogP contribution in [0.25, 0.3) is 0 Å². The summed E-state index contributed by atoms with van der Waals surface area (Å²) in [7, 11) is 0. The summed E-state index contributed by atoms with van der Waals surface area (Å²) < 4.78 is 5.41. The number of amides is 1. The van der Waals surface area contributed by atoms with Crippen LogP contribution in [0.3, 0.4) is 0 Å². The third-order valence-corrected chi connectivity index (χ3v) is 3.85. The molecule has 0 aromatic heterocycles. The molecule has 1 aliphatic carbocycles. The summed E-state index contributed by atoms with van der Waals surface area (Å²) in [5.74, 6) is -1.21. The summed E-state index contributed by atoms with van der Waals surface area (Å²) in [6, 6.07) is 7.54. The molecule has 2 unspecified atom stereocenters. The molecule has 5 heteroatoms. The molecule has 0 aliphatic heterocycles. The average Bonchev–Trinajstić information content (AvgIpc) is 2.95. The Morgan fingerprint density at radius 2 is 2.10 bits per heavy atom. The van der Waals surface area contributed by atoms with Crippen LogP contribution in [0.2, 0.25) is 0 Å². The van der Waals surface area contributed by atoms with Crippen molar-refractivity contribution in [2.45, 2.75) is 32.7 Å². The Bertz CT molecular complexity index is 515. The topological polar surface area (TPSA) is 75.6 Å². The molecule has 1 fully saturated rings. The number of carboxylic acid groups (broad SMARTS) is 1. The third-order valence-electron chi connectivity index (χ3n) is 3.85. The highest BCUT2D eigenvalue weighted by Crippen LogP contribution is 2.32. The van der Waals surface area contributed by atoms with E-state index in [2.05, 4.69) is 5.32 Å². The Kier molecular flexibility index (Phi) is 5.20. The molecule has 1 aromatic carbocycles. The first-order valence-corrected chi connectivity index (χ1v) is 7.34. The average molecular weight is 291 g/mol. The van der Waals surface area contributed by atoms with Crippen LogP contribution in [0.1, 0.15) is 31.7 Å². The number of hydrogen-bond donors (Lipinski definition) is 2. The second kappa shape index (κ2) is 7.11. The van der Waals surface area contributed by atoms with Crippen LogP contribution in [-0.4, -0.2) is 23.6 Å². The Labute approximate surface area is 124 Å². The van der Waals surface area contributed by atoms with E-state index in [1.54, 1.807) is 0 Å². The fraction of sp³-hybridized carbons (Fsp3) is 0.500. The van der Waals surface area contributed by atoms with Crippen molar-refractivity contribution in [3.63, 3.8) is 0 Å². The quantitative estimate of drug-likeness (QED) is 0.842. The maximum Gasteiger partial charge on any atom is 0.307 e. The molecule has 0 bridgehead atoms. The molecule has 1 amide bonds. The van der Waals surface area contributed by atoms with Gasteiger partial charge in [0.1, 0.15) is 5.75 Å². The Morgan fingerprint density at radius 1 is 1.33 bits per heavy atom. The van der Waals surface area contributed by atoms with Gasteiger partial charge in [0.15, 0.2) is 0 Å². The third kappa shape index (κ3) is 3.97. The maximum absolute atomic E-state index is 12.1. The van der Waals surface area contributed by atoms with Gasteiger partial charge in [-0.1, -0.05) is 18.6 Å². The molecule has 2 N–H and O–H groups in total. The second-order valence-corrected chi connectivity index (χ2v) is 5.28. The predicted molar refractivity (Wildman–Crippen MR) is 77.9 cm³/mol. The van der Waals surface area contributed by atoms with Gasteiger partial charge in [0.25, 0.3) is 0 Å². The number of hydrogen-bond acceptors (Lipinski definition) is 3. The van der Waals surface area contributed by atoms with Crippen molar-refractivity contribution in [1.82, 2.24) is 5.32 Å². The summed E-state index contributed by atoms with van der Waals surface area (Å²) >= 11 is 0. The smallest absolute Gasteiger partial charge is 0.307 e. The van der Waals surface area contributed by atoms with Crippen molar-refractivity contribution in [3.05, 3.63) is 29.8 Å². The molecule has 0 spiro atoms. The van der Waals surface area contributed by atoms with Crippen LogP contribution in [0.4, 0.5) is 0 Å². The van der Waals surface area contributed by atoms with Gasteiger partial charge in [-0.05, 0) is 37.5 Å². The molecular weight excluding hydrogens is 270 g/mol. The first-order chi connectivity index (χ1) is 10.1. The van der Waals surface area contributed by atoms with E-state index >= 15 is 0 Å². The highest BCUT2D eigenvalue weighted by Gasteiger charge is 2.37. The number of nitrogens with one attached hydrogen (secondary N) is 1. The Balaban J connectivity index is 1.91. The number of benzene rings is 1. The van der Waals surface area contributed by atoms with Crippen LogP contribution in [0, 0.1) is 11.8 Å². The van der Waals surface area contributed by atoms with Gasteiger partial charge in [0, 0.05) is 6.54 Å². The molecule has 2 rings (SSSR count). The van der Waals surface area contributed by atoms with E-state index in [-0.39, 0.29) is 5.91 Å². The van der Waals surface area contributed by atoms with Crippen LogP contribution >= 0.6 is 0 Å². The molecule has 5 nitrogen and oxygen atoms in total. The van der Waals surface area contributed by atoms with E-state index in [1.807, 2.05) is 31.2 Å². The summed E-state index contributed by atoms with van der Waals surface area (Å²) in [6.45, 7) is 2.90. The first-order valence-electron chi connectivity index (χ1n) is 7.34. The first kappa shape index (κ1) is 15.4. The lowest BCUT2D eigenvalue weighted by atomic mass is 9.95. The van der Waals surface area contributed by atoms with Crippen molar-refractivity contribution in [1.29, 1.82) is 0 Å². The zero-order valence-corrected chi connectivity index (χ0v) is 12.2. The zero-order valence-electron chi connectivity index (χ0n) is 12.2. The van der Waals surface area contributed by atoms with E-state index < -0.39 is 17.8 Å². The lowest BCUT2D eigenvalue weighted by molar-refractivity contribution is -0.146. The molecule has 1 aliphatic rings. The van der Waals surface area contributed by atoms with Crippen LogP contribution in [0.5, 0.6) is 5.75 Å². The highest BCUT2D eigenvalue weighted by molar-refractivity contribution is 5.85. The second-order valence-electron chi connectivity index (χ2n) is 5.28. The summed E-state index contributed by atoms with van der Waals surface area (Å²) in [5.41, 5.74) is 0.944. The predicted octanol–water partition coefficient (Wildman–Crippen LogP) is 2.20. The number of aliphatic carboxylic acids is 1. The van der Waals surface area contributed by atoms with Crippen molar-refractivity contribution in [3.8, 4) is 5.75 Å². The van der Waals surface area contributed by atoms with Crippen molar-refractivity contribution < 1.29 is 19.4 Å². The van der Waals surface area contributed by atoms with E-state index in [1.165, 1.54) is 0 Å². The minimum atomic E-state index is -0.869. The fourth-order valence-corrected chi connectivity index (χ4v) is 2.80. The molecule has 0 saturated heterocycles. The molecule has 0 heterocycles.